The van der Waals surface area contributed by atoms with E-state index in [0.29, 0.717) is 18.6 Å². The number of carbonyl (C=O) groups is 1. The molecule has 3 rings (SSSR count). The molecule has 1 fully saturated rings. The van der Waals surface area contributed by atoms with Crippen molar-refractivity contribution in [2.24, 2.45) is 0 Å². The van der Waals surface area contributed by atoms with Gasteiger partial charge in [0, 0.05) is 44.2 Å². The third kappa shape index (κ3) is 5.15. The summed E-state index contributed by atoms with van der Waals surface area (Å²) < 4.78 is 0. The molecule has 0 bridgehead atoms. The molecule has 2 heterocycles. The number of amides is 1. The lowest BCUT2D eigenvalue weighted by atomic mass is 9.78. The van der Waals surface area contributed by atoms with Gasteiger partial charge in [-0.05, 0) is 33.9 Å². The predicted octanol–water partition coefficient (Wildman–Crippen LogP) is 4.73. The molecule has 0 unspecified atom stereocenters. The minimum absolute atomic E-state index is 0.156. The summed E-state index contributed by atoms with van der Waals surface area (Å²) in [4.78, 5) is 21.4. The third-order valence-electron chi connectivity index (χ3n) is 5.74. The van der Waals surface area contributed by atoms with Gasteiger partial charge in [-0.3, -0.25) is 4.79 Å². The average molecular weight is 430 g/mol. The maximum Gasteiger partial charge on any atom is 0.223 e. The molecule has 6 heteroatoms. The Balaban J connectivity index is 1.67. The maximum absolute atomic E-state index is 12.8. The number of thiazole rings is 1. The van der Waals surface area contributed by atoms with Crippen LogP contribution in [0.15, 0.2) is 23.7 Å². The fourth-order valence-electron chi connectivity index (χ4n) is 3.91. The van der Waals surface area contributed by atoms with Gasteiger partial charge in [0.1, 0.15) is 5.75 Å². The number of hydrogen-bond acceptors (Lipinski definition) is 5. The van der Waals surface area contributed by atoms with Crippen molar-refractivity contribution in [3.63, 3.8) is 0 Å². The normalized spacial score (nSPS) is 15.5. The molecule has 0 atom stereocenters. The SMILES string of the molecule is CC(C)(C)c1cc(CCC(=O)N2CCN(c3nccs3)CC2)cc(C(C)(C)C)c1O. The predicted molar refractivity (Wildman–Crippen MR) is 125 cm³/mol. The standard InChI is InChI=1S/C24H35N3O2S/c1-23(2,3)18-15-17(16-19(21(18)29)24(4,5)6)7-8-20(28)26-10-12-27(13-11-26)22-25-9-14-30-22/h9,14-16,29H,7-8,10-13H2,1-6H3. The van der Waals surface area contributed by atoms with E-state index < -0.39 is 0 Å². The zero-order valence-electron chi connectivity index (χ0n) is 19.2. The molecule has 0 spiro atoms. The van der Waals surface area contributed by atoms with Crippen LogP contribution >= 0.6 is 11.3 Å². The second-order valence-corrected chi connectivity index (χ2v) is 11.1. The number of aryl methyl sites for hydroxylation is 1. The van der Waals surface area contributed by atoms with Crippen LogP contribution in [0.2, 0.25) is 0 Å². The number of aromatic hydroxyl groups is 1. The highest BCUT2D eigenvalue weighted by Gasteiger charge is 2.27. The number of hydrogen-bond donors (Lipinski definition) is 1. The molecule has 1 aliphatic rings. The van der Waals surface area contributed by atoms with Gasteiger partial charge in [0.2, 0.25) is 5.91 Å². The zero-order chi connectivity index (χ0) is 22.1. The molecule has 0 radical (unpaired) electrons. The van der Waals surface area contributed by atoms with Crippen LogP contribution in [0.3, 0.4) is 0 Å². The lowest BCUT2D eigenvalue weighted by Gasteiger charge is -2.34. The van der Waals surface area contributed by atoms with Crippen LogP contribution in [0.4, 0.5) is 5.13 Å². The van der Waals surface area contributed by atoms with E-state index in [0.717, 1.165) is 48.0 Å². The number of nitrogens with zero attached hydrogens (tertiary/aromatic N) is 3. The molecule has 0 aliphatic carbocycles. The lowest BCUT2D eigenvalue weighted by molar-refractivity contribution is -0.131. The number of carbonyl (C=O) groups excluding carboxylic acids is 1. The smallest absolute Gasteiger partial charge is 0.223 e. The summed E-state index contributed by atoms with van der Waals surface area (Å²) in [5.74, 6) is 0.597. The van der Waals surface area contributed by atoms with E-state index in [2.05, 4.69) is 63.6 Å². The Bertz CT molecular complexity index is 836. The van der Waals surface area contributed by atoms with Crippen molar-refractivity contribution < 1.29 is 9.90 Å². The Morgan fingerprint density at radius 3 is 2.07 bits per heavy atom. The quantitative estimate of drug-likeness (QED) is 0.764. The fourth-order valence-corrected chi connectivity index (χ4v) is 4.61. The van der Waals surface area contributed by atoms with Gasteiger partial charge in [-0.2, -0.15) is 0 Å². The van der Waals surface area contributed by atoms with E-state index in [-0.39, 0.29) is 16.7 Å². The topological polar surface area (TPSA) is 56.7 Å². The summed E-state index contributed by atoms with van der Waals surface area (Å²) in [7, 11) is 0. The van der Waals surface area contributed by atoms with Crippen LogP contribution < -0.4 is 4.90 Å². The van der Waals surface area contributed by atoms with Gasteiger partial charge in [-0.25, -0.2) is 4.98 Å². The minimum atomic E-state index is -0.156. The maximum atomic E-state index is 12.8. The van der Waals surface area contributed by atoms with E-state index in [9.17, 15) is 9.90 Å². The van der Waals surface area contributed by atoms with Gasteiger partial charge in [-0.15, -0.1) is 11.3 Å². The molecule has 1 saturated heterocycles. The first-order valence-corrected chi connectivity index (χ1v) is 11.6. The molecule has 0 saturated carbocycles. The highest BCUT2D eigenvalue weighted by molar-refractivity contribution is 7.13. The molecule has 164 valence electrons. The van der Waals surface area contributed by atoms with E-state index in [1.165, 1.54) is 0 Å². The molecule has 30 heavy (non-hydrogen) atoms. The van der Waals surface area contributed by atoms with Gasteiger partial charge in [-0.1, -0.05) is 53.7 Å². The van der Waals surface area contributed by atoms with Crippen molar-refractivity contribution in [1.29, 1.82) is 0 Å². The highest BCUT2D eigenvalue weighted by Crippen LogP contribution is 2.40. The number of anilines is 1. The van der Waals surface area contributed by atoms with Crippen LogP contribution in [-0.4, -0.2) is 47.1 Å². The number of phenolic OH excluding ortho intramolecular Hbond substituents is 1. The van der Waals surface area contributed by atoms with Crippen LogP contribution in [0.25, 0.3) is 0 Å². The second kappa shape index (κ2) is 8.58. The molecule has 1 N–H and O–H groups in total. The monoisotopic (exact) mass is 429 g/mol. The van der Waals surface area contributed by atoms with E-state index in [1.807, 2.05) is 16.5 Å². The summed E-state index contributed by atoms with van der Waals surface area (Å²) in [6.07, 6.45) is 3.01. The van der Waals surface area contributed by atoms with Crippen LogP contribution in [0, 0.1) is 0 Å². The zero-order valence-corrected chi connectivity index (χ0v) is 20.0. The van der Waals surface area contributed by atoms with Gasteiger partial charge >= 0.3 is 0 Å². The van der Waals surface area contributed by atoms with Crippen LogP contribution in [-0.2, 0) is 22.0 Å². The average Bonchev–Trinajstić information content (AvgIpc) is 3.20. The molecule has 5 nitrogen and oxygen atoms in total. The summed E-state index contributed by atoms with van der Waals surface area (Å²) in [6.45, 7) is 15.9. The van der Waals surface area contributed by atoms with E-state index >= 15 is 0 Å². The summed E-state index contributed by atoms with van der Waals surface area (Å²) in [6, 6.07) is 4.16. The Hall–Kier alpha value is -2.08. The van der Waals surface area contributed by atoms with Crippen LogP contribution in [0.1, 0.15) is 64.7 Å². The van der Waals surface area contributed by atoms with Gasteiger partial charge in [0.25, 0.3) is 0 Å². The number of benzene rings is 1. The Morgan fingerprint density at radius 2 is 1.60 bits per heavy atom. The molecule has 1 aromatic carbocycles. The van der Waals surface area contributed by atoms with Gasteiger partial charge in [0.05, 0.1) is 0 Å². The number of piperazine rings is 1. The first-order valence-electron chi connectivity index (χ1n) is 10.8. The Labute approximate surface area is 184 Å². The second-order valence-electron chi connectivity index (χ2n) is 10.2. The molecule has 1 aromatic heterocycles. The number of aromatic nitrogens is 1. The third-order valence-corrected chi connectivity index (χ3v) is 6.57. The van der Waals surface area contributed by atoms with Crippen molar-refractivity contribution in [3.05, 3.63) is 40.4 Å². The summed E-state index contributed by atoms with van der Waals surface area (Å²) in [5.41, 5.74) is 2.72. The summed E-state index contributed by atoms with van der Waals surface area (Å²) in [5, 5.41) is 13.9. The number of phenols is 1. The first-order chi connectivity index (χ1) is 14.0. The van der Waals surface area contributed by atoms with E-state index in [1.54, 1.807) is 11.3 Å². The molecule has 2 aromatic rings. The van der Waals surface area contributed by atoms with Crippen LogP contribution in [0.5, 0.6) is 5.75 Å². The molecule has 1 amide bonds. The number of rotatable bonds is 4. The molecule has 1 aliphatic heterocycles. The summed E-state index contributed by atoms with van der Waals surface area (Å²) >= 11 is 1.65. The minimum Gasteiger partial charge on any atom is -0.507 e. The van der Waals surface area contributed by atoms with Gasteiger partial charge < -0.3 is 14.9 Å². The Kier molecular flexibility index (Phi) is 6.46. The highest BCUT2D eigenvalue weighted by atomic mass is 32.1. The lowest BCUT2D eigenvalue weighted by Crippen LogP contribution is -2.48. The molecular formula is C24H35N3O2S. The molecular weight excluding hydrogens is 394 g/mol. The van der Waals surface area contributed by atoms with Gasteiger partial charge in [0.15, 0.2) is 5.13 Å². The largest absolute Gasteiger partial charge is 0.507 e. The Morgan fingerprint density at radius 1 is 1.03 bits per heavy atom. The van der Waals surface area contributed by atoms with Crippen molar-refractivity contribution in [1.82, 2.24) is 9.88 Å². The van der Waals surface area contributed by atoms with E-state index in [4.69, 9.17) is 0 Å². The first kappa shape index (κ1) is 22.6. The van der Waals surface area contributed by atoms with Crippen molar-refractivity contribution >= 4 is 22.4 Å². The van der Waals surface area contributed by atoms with Crippen molar-refractivity contribution in [2.45, 2.75) is 65.2 Å². The van der Waals surface area contributed by atoms with Crippen molar-refractivity contribution in [3.8, 4) is 5.75 Å². The van der Waals surface area contributed by atoms with Crippen molar-refractivity contribution in [2.75, 3.05) is 31.1 Å². The fraction of sp³-hybridized carbons (Fsp3) is 0.583.